The van der Waals surface area contributed by atoms with Crippen LogP contribution in [0.4, 0.5) is 13.2 Å². The Morgan fingerprint density at radius 2 is 1.74 bits per heavy atom. The van der Waals surface area contributed by atoms with Crippen LogP contribution in [0.5, 0.6) is 0 Å². The van der Waals surface area contributed by atoms with Crippen molar-refractivity contribution < 1.29 is 13.2 Å². The molecule has 1 heterocycles. The minimum atomic E-state index is -4.16. The van der Waals surface area contributed by atoms with E-state index in [2.05, 4.69) is 39.6 Å². The molecule has 152 valence electrons. The molecule has 1 aliphatic heterocycles. The molecule has 0 radical (unpaired) electrons. The van der Waals surface area contributed by atoms with E-state index in [-0.39, 0.29) is 6.54 Å². The number of guanidine groups is 1. The van der Waals surface area contributed by atoms with E-state index in [4.69, 9.17) is 0 Å². The first-order valence-corrected chi connectivity index (χ1v) is 9.75. The lowest BCUT2D eigenvalue weighted by atomic mass is 9.99. The lowest BCUT2D eigenvalue weighted by Gasteiger charge is -2.30. The van der Waals surface area contributed by atoms with E-state index in [0.29, 0.717) is 19.0 Å². The molecule has 0 bridgehead atoms. The van der Waals surface area contributed by atoms with E-state index >= 15 is 0 Å². The van der Waals surface area contributed by atoms with E-state index in [0.717, 1.165) is 31.1 Å². The number of nitrogens with one attached hydrogen (secondary N) is 2. The standard InChI is InChI=1S/C20H31F3N4/c1-3-24-19(25-11-10-20(21,22)23)26-14-17-4-6-18(7-5-17)15-27-12-8-16(2)9-13-27/h4-7,16H,3,8-15H2,1-2H3,(H2,24,25,26). The summed E-state index contributed by atoms with van der Waals surface area (Å²) in [6.07, 6.45) is -2.50. The van der Waals surface area contributed by atoms with Gasteiger partial charge in [0.2, 0.25) is 0 Å². The monoisotopic (exact) mass is 384 g/mol. The zero-order valence-electron chi connectivity index (χ0n) is 16.3. The van der Waals surface area contributed by atoms with E-state index in [1.54, 1.807) is 0 Å². The van der Waals surface area contributed by atoms with E-state index < -0.39 is 12.6 Å². The summed E-state index contributed by atoms with van der Waals surface area (Å²) in [4.78, 5) is 6.86. The Labute approximate surface area is 160 Å². The van der Waals surface area contributed by atoms with Crippen molar-refractivity contribution in [3.8, 4) is 0 Å². The van der Waals surface area contributed by atoms with Gasteiger partial charge >= 0.3 is 6.18 Å². The number of hydrogen-bond donors (Lipinski definition) is 2. The molecular weight excluding hydrogens is 353 g/mol. The van der Waals surface area contributed by atoms with Gasteiger partial charge in [-0.2, -0.15) is 13.2 Å². The molecule has 0 aromatic heterocycles. The van der Waals surface area contributed by atoms with Gasteiger partial charge in [-0.25, -0.2) is 4.99 Å². The van der Waals surface area contributed by atoms with Gasteiger partial charge in [0, 0.05) is 19.6 Å². The minimum absolute atomic E-state index is 0.178. The van der Waals surface area contributed by atoms with E-state index in [9.17, 15) is 13.2 Å². The number of likely N-dealkylation sites (tertiary alicyclic amines) is 1. The number of nitrogens with zero attached hydrogens (tertiary/aromatic N) is 2. The Morgan fingerprint density at radius 1 is 1.11 bits per heavy atom. The fourth-order valence-corrected chi connectivity index (χ4v) is 3.06. The largest absolute Gasteiger partial charge is 0.390 e. The Bertz CT molecular complexity index is 576. The van der Waals surface area contributed by atoms with E-state index in [1.165, 1.54) is 18.4 Å². The predicted molar refractivity (Wildman–Crippen MR) is 104 cm³/mol. The second-order valence-electron chi connectivity index (χ2n) is 7.26. The third-order valence-electron chi connectivity index (χ3n) is 4.77. The molecule has 0 unspecified atom stereocenters. The normalized spacial score (nSPS) is 17.1. The topological polar surface area (TPSA) is 39.7 Å². The quantitative estimate of drug-likeness (QED) is 0.553. The highest BCUT2D eigenvalue weighted by Gasteiger charge is 2.26. The highest BCUT2D eigenvalue weighted by molar-refractivity contribution is 5.79. The molecular formula is C20H31F3N4. The summed E-state index contributed by atoms with van der Waals surface area (Å²) >= 11 is 0. The first-order chi connectivity index (χ1) is 12.9. The average Bonchev–Trinajstić information content (AvgIpc) is 2.62. The highest BCUT2D eigenvalue weighted by Crippen LogP contribution is 2.19. The van der Waals surface area contributed by atoms with Crippen molar-refractivity contribution in [1.82, 2.24) is 15.5 Å². The van der Waals surface area contributed by atoms with Crippen molar-refractivity contribution in [3.05, 3.63) is 35.4 Å². The smallest absolute Gasteiger partial charge is 0.357 e. The number of hydrogen-bond acceptors (Lipinski definition) is 2. The van der Waals surface area contributed by atoms with Crippen LogP contribution in [0, 0.1) is 5.92 Å². The molecule has 0 aliphatic carbocycles. The molecule has 1 saturated heterocycles. The van der Waals surface area contributed by atoms with Gasteiger partial charge in [-0.05, 0) is 49.9 Å². The summed E-state index contributed by atoms with van der Waals surface area (Å²) < 4.78 is 36.8. The van der Waals surface area contributed by atoms with Gasteiger partial charge in [-0.3, -0.25) is 4.90 Å². The maximum Gasteiger partial charge on any atom is 0.390 e. The molecule has 2 rings (SSSR count). The average molecular weight is 384 g/mol. The number of halogens is 3. The SMILES string of the molecule is CCNC(=NCc1ccc(CN2CCC(C)CC2)cc1)NCCC(F)(F)F. The predicted octanol–water partition coefficient (Wildman–Crippen LogP) is 3.93. The summed E-state index contributed by atoms with van der Waals surface area (Å²) in [5.74, 6) is 1.24. The number of piperidine rings is 1. The molecule has 0 saturated carbocycles. The van der Waals surface area contributed by atoms with Crippen LogP contribution in [0.3, 0.4) is 0 Å². The number of alkyl halides is 3. The van der Waals surface area contributed by atoms with Gasteiger partial charge < -0.3 is 10.6 Å². The molecule has 0 atom stereocenters. The summed E-state index contributed by atoms with van der Waals surface area (Å²) in [6, 6.07) is 8.33. The van der Waals surface area contributed by atoms with Gasteiger partial charge in [-0.15, -0.1) is 0 Å². The Kier molecular flexibility index (Phi) is 8.41. The van der Waals surface area contributed by atoms with Crippen molar-refractivity contribution >= 4 is 5.96 Å². The maximum absolute atomic E-state index is 12.3. The van der Waals surface area contributed by atoms with Crippen LogP contribution in [-0.4, -0.2) is 43.2 Å². The van der Waals surface area contributed by atoms with Gasteiger partial charge in [0.25, 0.3) is 0 Å². The second-order valence-corrected chi connectivity index (χ2v) is 7.26. The Hall–Kier alpha value is -1.76. The highest BCUT2D eigenvalue weighted by atomic mass is 19.4. The first kappa shape index (κ1) is 21.5. The fourth-order valence-electron chi connectivity index (χ4n) is 3.06. The minimum Gasteiger partial charge on any atom is -0.357 e. The van der Waals surface area contributed by atoms with Crippen LogP contribution in [0.1, 0.15) is 44.2 Å². The third-order valence-corrected chi connectivity index (χ3v) is 4.77. The molecule has 1 aromatic carbocycles. The Balaban J connectivity index is 1.83. The van der Waals surface area contributed by atoms with Crippen molar-refractivity contribution in [1.29, 1.82) is 0 Å². The van der Waals surface area contributed by atoms with Crippen molar-refractivity contribution in [3.63, 3.8) is 0 Å². The van der Waals surface area contributed by atoms with Crippen LogP contribution in [0.25, 0.3) is 0 Å². The van der Waals surface area contributed by atoms with Gasteiger partial charge in [0.15, 0.2) is 5.96 Å². The number of rotatable bonds is 7. The van der Waals surface area contributed by atoms with Gasteiger partial charge in [0.05, 0.1) is 13.0 Å². The lowest BCUT2D eigenvalue weighted by Crippen LogP contribution is -2.38. The van der Waals surface area contributed by atoms with Gasteiger partial charge in [-0.1, -0.05) is 31.2 Å². The van der Waals surface area contributed by atoms with Crippen molar-refractivity contribution in [2.24, 2.45) is 10.9 Å². The van der Waals surface area contributed by atoms with Crippen molar-refractivity contribution in [2.75, 3.05) is 26.2 Å². The molecule has 7 heteroatoms. The molecule has 0 amide bonds. The van der Waals surface area contributed by atoms with Crippen LogP contribution in [0.15, 0.2) is 29.3 Å². The second kappa shape index (κ2) is 10.5. The number of aliphatic imine (C=N–C) groups is 1. The molecule has 1 aromatic rings. The first-order valence-electron chi connectivity index (χ1n) is 9.75. The third kappa shape index (κ3) is 8.65. The van der Waals surface area contributed by atoms with Crippen LogP contribution in [-0.2, 0) is 13.1 Å². The summed E-state index contributed by atoms with van der Waals surface area (Å²) in [5.41, 5.74) is 2.33. The zero-order valence-corrected chi connectivity index (χ0v) is 16.3. The summed E-state index contributed by atoms with van der Waals surface area (Å²) in [6.45, 7) is 8.34. The van der Waals surface area contributed by atoms with Crippen LogP contribution >= 0.6 is 0 Å². The maximum atomic E-state index is 12.3. The van der Waals surface area contributed by atoms with Crippen LogP contribution in [0.2, 0.25) is 0 Å². The molecule has 2 N–H and O–H groups in total. The fraction of sp³-hybridized carbons (Fsp3) is 0.650. The molecule has 27 heavy (non-hydrogen) atoms. The summed E-state index contributed by atoms with van der Waals surface area (Å²) in [5, 5.41) is 5.70. The molecule has 1 aliphatic rings. The van der Waals surface area contributed by atoms with Crippen molar-refractivity contribution in [2.45, 2.75) is 52.4 Å². The molecule has 4 nitrogen and oxygen atoms in total. The van der Waals surface area contributed by atoms with Gasteiger partial charge in [0.1, 0.15) is 0 Å². The van der Waals surface area contributed by atoms with Crippen LogP contribution < -0.4 is 10.6 Å². The zero-order chi connectivity index (χ0) is 19.7. The summed E-state index contributed by atoms with van der Waals surface area (Å²) in [7, 11) is 0. The van der Waals surface area contributed by atoms with E-state index in [1.807, 2.05) is 19.1 Å². The lowest BCUT2D eigenvalue weighted by molar-refractivity contribution is -0.132. The Morgan fingerprint density at radius 3 is 2.33 bits per heavy atom. The molecule has 1 fully saturated rings. The number of benzene rings is 1. The molecule has 0 spiro atoms.